The van der Waals surface area contributed by atoms with E-state index in [0.717, 1.165) is 5.56 Å². The van der Waals surface area contributed by atoms with Crippen LogP contribution in [0.15, 0.2) is 48.1 Å². The fraction of sp³-hybridized carbons (Fsp3) is 0.0769. The van der Waals surface area contributed by atoms with Gasteiger partial charge < -0.3 is 4.74 Å². The Bertz CT molecular complexity index is 451. The maximum Gasteiger partial charge on any atom is 0.342 e. The average molecular weight is 214 g/mol. The average Bonchev–Trinajstić information content (AvgIpc) is 2.62. The molecule has 1 aromatic carbocycles. The molecule has 1 aromatic rings. The molecule has 16 heavy (non-hydrogen) atoms. The van der Waals surface area contributed by atoms with Crippen molar-refractivity contribution in [1.82, 2.24) is 0 Å². The van der Waals surface area contributed by atoms with Gasteiger partial charge in [0.15, 0.2) is 6.61 Å². The SMILES string of the molecule is O=C1COC(=O)/C1=C/C=C\c1ccccc1. The van der Waals surface area contributed by atoms with Crippen LogP contribution < -0.4 is 0 Å². The summed E-state index contributed by atoms with van der Waals surface area (Å²) >= 11 is 0. The van der Waals surface area contributed by atoms with Crippen molar-refractivity contribution in [2.75, 3.05) is 6.61 Å². The van der Waals surface area contributed by atoms with E-state index in [4.69, 9.17) is 0 Å². The molecule has 0 unspecified atom stereocenters. The van der Waals surface area contributed by atoms with Gasteiger partial charge in [0, 0.05) is 0 Å². The molecule has 0 atom stereocenters. The Hall–Kier alpha value is -2.16. The van der Waals surface area contributed by atoms with Crippen LogP contribution in [0, 0.1) is 0 Å². The molecule has 2 rings (SSSR count). The first-order chi connectivity index (χ1) is 7.77. The number of Topliss-reactive ketones (excluding diaryl/α,β-unsaturated/α-hetero) is 1. The van der Waals surface area contributed by atoms with Crippen molar-refractivity contribution in [2.45, 2.75) is 0 Å². The molecule has 0 aliphatic carbocycles. The zero-order chi connectivity index (χ0) is 11.4. The zero-order valence-corrected chi connectivity index (χ0v) is 8.55. The Labute approximate surface area is 93.0 Å². The van der Waals surface area contributed by atoms with Crippen LogP contribution in [0.4, 0.5) is 0 Å². The second kappa shape index (κ2) is 4.57. The summed E-state index contributed by atoms with van der Waals surface area (Å²) in [5.41, 5.74) is 1.13. The lowest BCUT2D eigenvalue weighted by Gasteiger charge is -1.89. The fourth-order valence-electron chi connectivity index (χ4n) is 1.38. The van der Waals surface area contributed by atoms with Gasteiger partial charge in [0.25, 0.3) is 0 Å². The number of hydrogen-bond donors (Lipinski definition) is 0. The number of allylic oxidation sites excluding steroid dienone is 2. The molecule has 0 aromatic heterocycles. The summed E-state index contributed by atoms with van der Waals surface area (Å²) in [6, 6.07) is 9.63. The summed E-state index contributed by atoms with van der Waals surface area (Å²) in [5, 5.41) is 0. The standard InChI is InChI=1S/C13H10O3/c14-12-9-16-13(15)11(12)8-4-7-10-5-2-1-3-6-10/h1-8H,9H2/b7-4-,11-8+. The molecule has 1 fully saturated rings. The fourth-order valence-corrected chi connectivity index (χ4v) is 1.38. The maximum absolute atomic E-state index is 11.2. The number of esters is 1. The lowest BCUT2D eigenvalue weighted by Crippen LogP contribution is -1.99. The number of carbonyl (C=O) groups excluding carboxylic acids is 2. The molecular weight excluding hydrogens is 204 g/mol. The van der Waals surface area contributed by atoms with E-state index >= 15 is 0 Å². The second-order valence-corrected chi connectivity index (χ2v) is 3.35. The minimum atomic E-state index is -0.539. The Morgan fingerprint density at radius 1 is 1.12 bits per heavy atom. The van der Waals surface area contributed by atoms with Crippen LogP contribution in [0.1, 0.15) is 5.56 Å². The largest absolute Gasteiger partial charge is 0.454 e. The molecule has 1 heterocycles. The van der Waals surface area contributed by atoms with E-state index in [1.807, 2.05) is 36.4 Å². The molecule has 0 radical (unpaired) electrons. The molecule has 0 N–H and O–H groups in total. The van der Waals surface area contributed by atoms with Gasteiger partial charge in [0.05, 0.1) is 0 Å². The van der Waals surface area contributed by atoms with E-state index in [2.05, 4.69) is 4.74 Å². The van der Waals surface area contributed by atoms with Crippen LogP contribution in [0.5, 0.6) is 0 Å². The predicted octanol–water partition coefficient (Wildman–Crippen LogP) is 1.75. The molecule has 0 saturated carbocycles. The van der Waals surface area contributed by atoms with Crippen molar-refractivity contribution >= 4 is 17.8 Å². The van der Waals surface area contributed by atoms with Gasteiger partial charge in [0.1, 0.15) is 5.57 Å². The van der Waals surface area contributed by atoms with Crippen LogP contribution in [0.2, 0.25) is 0 Å². The molecule has 0 bridgehead atoms. The zero-order valence-electron chi connectivity index (χ0n) is 8.55. The first-order valence-corrected chi connectivity index (χ1v) is 4.91. The molecule has 0 spiro atoms. The summed E-state index contributed by atoms with van der Waals surface area (Å²) in [7, 11) is 0. The summed E-state index contributed by atoms with van der Waals surface area (Å²) in [5.74, 6) is -0.801. The third kappa shape index (κ3) is 2.25. The number of carbonyl (C=O) groups is 2. The van der Waals surface area contributed by atoms with Crippen LogP contribution in [-0.4, -0.2) is 18.4 Å². The van der Waals surface area contributed by atoms with Gasteiger partial charge in [0.2, 0.25) is 5.78 Å². The predicted molar refractivity (Wildman–Crippen MR) is 59.5 cm³/mol. The number of ether oxygens (including phenoxy) is 1. The molecule has 1 saturated heterocycles. The van der Waals surface area contributed by atoms with Gasteiger partial charge in [-0.1, -0.05) is 42.5 Å². The lowest BCUT2D eigenvalue weighted by molar-refractivity contribution is -0.135. The highest BCUT2D eigenvalue weighted by molar-refractivity contribution is 6.22. The first-order valence-electron chi connectivity index (χ1n) is 4.91. The molecular formula is C13H10O3. The summed E-state index contributed by atoms with van der Waals surface area (Å²) in [6.45, 7) is -0.135. The smallest absolute Gasteiger partial charge is 0.342 e. The third-order valence-corrected chi connectivity index (χ3v) is 2.21. The van der Waals surface area contributed by atoms with Crippen molar-refractivity contribution in [3.8, 4) is 0 Å². The highest BCUT2D eigenvalue weighted by Gasteiger charge is 2.26. The number of hydrogen-bond acceptors (Lipinski definition) is 3. The van der Waals surface area contributed by atoms with E-state index in [1.54, 1.807) is 6.08 Å². The Morgan fingerprint density at radius 3 is 2.50 bits per heavy atom. The normalized spacial score (nSPS) is 18.4. The quantitative estimate of drug-likeness (QED) is 0.428. The summed E-state index contributed by atoms with van der Waals surface area (Å²) in [4.78, 5) is 22.3. The summed E-state index contributed by atoms with van der Waals surface area (Å²) < 4.78 is 4.59. The molecule has 1 aliphatic heterocycles. The molecule has 3 nitrogen and oxygen atoms in total. The second-order valence-electron chi connectivity index (χ2n) is 3.35. The van der Waals surface area contributed by atoms with Crippen molar-refractivity contribution in [3.05, 3.63) is 53.6 Å². The molecule has 80 valence electrons. The van der Waals surface area contributed by atoms with Crippen LogP contribution in [-0.2, 0) is 14.3 Å². The number of cyclic esters (lactones) is 1. The molecule has 3 heteroatoms. The number of benzene rings is 1. The Balaban J connectivity index is 2.12. The van der Waals surface area contributed by atoms with E-state index in [1.165, 1.54) is 6.08 Å². The van der Waals surface area contributed by atoms with Crippen molar-refractivity contribution < 1.29 is 14.3 Å². The lowest BCUT2D eigenvalue weighted by atomic mass is 10.1. The first kappa shape index (κ1) is 10.4. The van der Waals surface area contributed by atoms with Crippen molar-refractivity contribution in [3.63, 3.8) is 0 Å². The Morgan fingerprint density at radius 2 is 1.88 bits per heavy atom. The van der Waals surface area contributed by atoms with E-state index in [9.17, 15) is 9.59 Å². The van der Waals surface area contributed by atoms with Gasteiger partial charge in [-0.15, -0.1) is 0 Å². The molecule has 1 aliphatic rings. The third-order valence-electron chi connectivity index (χ3n) is 2.21. The van der Waals surface area contributed by atoms with E-state index in [-0.39, 0.29) is 18.0 Å². The Kier molecular flexibility index (Phi) is 2.96. The molecule has 0 amide bonds. The monoisotopic (exact) mass is 214 g/mol. The minimum Gasteiger partial charge on any atom is -0.454 e. The highest BCUT2D eigenvalue weighted by Crippen LogP contribution is 2.10. The van der Waals surface area contributed by atoms with Gasteiger partial charge in [-0.3, -0.25) is 4.79 Å². The van der Waals surface area contributed by atoms with Crippen LogP contribution >= 0.6 is 0 Å². The number of rotatable bonds is 2. The van der Waals surface area contributed by atoms with E-state index < -0.39 is 5.97 Å². The van der Waals surface area contributed by atoms with Gasteiger partial charge in [-0.2, -0.15) is 0 Å². The van der Waals surface area contributed by atoms with Crippen molar-refractivity contribution in [1.29, 1.82) is 0 Å². The van der Waals surface area contributed by atoms with Gasteiger partial charge >= 0.3 is 5.97 Å². The maximum atomic E-state index is 11.2. The van der Waals surface area contributed by atoms with E-state index in [0.29, 0.717) is 0 Å². The van der Waals surface area contributed by atoms with Gasteiger partial charge in [-0.25, -0.2) is 4.79 Å². The van der Waals surface area contributed by atoms with Gasteiger partial charge in [-0.05, 0) is 11.6 Å². The van der Waals surface area contributed by atoms with Crippen molar-refractivity contribution in [2.24, 2.45) is 0 Å². The summed E-state index contributed by atoms with van der Waals surface area (Å²) in [6.07, 6.45) is 4.99. The topological polar surface area (TPSA) is 43.4 Å². The van der Waals surface area contributed by atoms with Crippen LogP contribution in [0.25, 0.3) is 6.08 Å². The minimum absolute atomic E-state index is 0.118. The number of ketones is 1. The highest BCUT2D eigenvalue weighted by atomic mass is 16.5. The van der Waals surface area contributed by atoms with Crippen LogP contribution in [0.3, 0.4) is 0 Å².